The Morgan fingerprint density at radius 2 is 1.86 bits per heavy atom. The number of anilines is 1. The smallest absolute Gasteiger partial charge is 0.490 e. The van der Waals surface area contributed by atoms with E-state index in [1.165, 1.54) is 10.4 Å². The van der Waals surface area contributed by atoms with E-state index in [2.05, 4.69) is 19.1 Å². The summed E-state index contributed by atoms with van der Waals surface area (Å²) >= 11 is 1.68. The molecule has 0 saturated heterocycles. The Balaban J connectivity index is 0.000000479. The fraction of sp³-hybridized carbons (Fsp3) is 0.346. The van der Waals surface area contributed by atoms with Gasteiger partial charge in [0.1, 0.15) is 10.8 Å². The van der Waals surface area contributed by atoms with Crippen molar-refractivity contribution in [1.29, 1.82) is 0 Å². The highest BCUT2D eigenvalue weighted by molar-refractivity contribution is 7.15. The van der Waals surface area contributed by atoms with E-state index in [4.69, 9.17) is 30.5 Å². The highest BCUT2D eigenvalue weighted by Gasteiger charge is 2.38. The zero-order valence-electron chi connectivity index (χ0n) is 20.3. The number of thiazole rings is 1. The Labute approximate surface area is 215 Å². The number of hydrogen-bond acceptors (Lipinski definition) is 6. The number of nitrogens with two attached hydrogens (primary N) is 1. The number of alkyl halides is 3. The summed E-state index contributed by atoms with van der Waals surface area (Å²) in [5, 5.41) is 17.2. The largest absolute Gasteiger partial charge is 0.493 e. The molecule has 0 amide bonds. The van der Waals surface area contributed by atoms with Gasteiger partial charge in [-0.3, -0.25) is 4.79 Å². The van der Waals surface area contributed by atoms with Gasteiger partial charge in [-0.1, -0.05) is 18.2 Å². The maximum absolute atomic E-state index is 11.0. The minimum atomic E-state index is -5.08. The third-order valence-corrected chi connectivity index (χ3v) is 7.07. The van der Waals surface area contributed by atoms with Crippen LogP contribution in [0.15, 0.2) is 36.4 Å². The average Bonchev–Trinajstić information content (AvgIpc) is 3.38. The van der Waals surface area contributed by atoms with Gasteiger partial charge in [0.2, 0.25) is 0 Å². The van der Waals surface area contributed by atoms with E-state index in [9.17, 15) is 18.0 Å². The van der Waals surface area contributed by atoms with Crippen LogP contribution in [0.1, 0.15) is 46.0 Å². The van der Waals surface area contributed by atoms with Crippen molar-refractivity contribution < 1.29 is 37.7 Å². The maximum Gasteiger partial charge on any atom is 0.490 e. The number of benzene rings is 2. The molecule has 1 aliphatic rings. The molecule has 1 heterocycles. The lowest BCUT2D eigenvalue weighted by Gasteiger charge is -2.10. The molecule has 1 unspecified atom stereocenters. The zero-order valence-corrected chi connectivity index (χ0v) is 21.1. The highest BCUT2D eigenvalue weighted by atomic mass is 32.1. The van der Waals surface area contributed by atoms with Crippen LogP contribution in [0.2, 0.25) is 0 Å². The van der Waals surface area contributed by atoms with Gasteiger partial charge in [-0.25, -0.2) is 9.78 Å². The molecule has 1 aliphatic carbocycles. The molecule has 0 fully saturated rings. The minimum Gasteiger partial charge on any atom is -0.493 e. The third kappa shape index (κ3) is 7.45. The van der Waals surface area contributed by atoms with Gasteiger partial charge in [-0.15, -0.1) is 11.3 Å². The quantitative estimate of drug-likeness (QED) is 0.328. The van der Waals surface area contributed by atoms with E-state index in [1.54, 1.807) is 11.3 Å². The maximum atomic E-state index is 11.0. The van der Waals surface area contributed by atoms with Crippen LogP contribution >= 0.6 is 11.3 Å². The lowest BCUT2D eigenvalue weighted by Crippen LogP contribution is -2.21. The molecule has 198 valence electrons. The Morgan fingerprint density at radius 1 is 1.16 bits per heavy atom. The molecule has 4 N–H and O–H groups in total. The predicted molar refractivity (Wildman–Crippen MR) is 134 cm³/mol. The number of halogens is 3. The monoisotopic (exact) mass is 536 g/mol. The molecule has 3 aromatic rings. The summed E-state index contributed by atoms with van der Waals surface area (Å²) in [5.41, 5.74) is 12.4. The summed E-state index contributed by atoms with van der Waals surface area (Å²) in [4.78, 5) is 25.9. The number of rotatable bonds is 7. The third-order valence-electron chi connectivity index (χ3n) is 6.01. The van der Waals surface area contributed by atoms with Gasteiger partial charge in [0.25, 0.3) is 0 Å². The number of ether oxygens (including phenoxy) is 1. The highest BCUT2D eigenvalue weighted by Crippen LogP contribution is 2.37. The average molecular weight is 537 g/mol. The molecule has 2 aromatic carbocycles. The topological polar surface area (TPSA) is 123 Å². The van der Waals surface area contributed by atoms with Crippen molar-refractivity contribution in [2.24, 2.45) is 0 Å². The number of carboxylic acid groups (broad SMARTS) is 2. The number of carboxylic acids is 2. The summed E-state index contributed by atoms with van der Waals surface area (Å²) in [5.74, 6) is -2.53. The molecule has 1 atom stereocenters. The SMILES string of the molecule is Cc1ccc(-c2nc(CCOc3ccc4c(c3)CCC4CC(=O)O)c(C)s2)cc1N.O=C(O)C(F)(F)F. The van der Waals surface area contributed by atoms with Gasteiger partial charge >= 0.3 is 18.1 Å². The normalized spacial score (nSPS) is 14.5. The number of nitrogens with zero attached hydrogens (tertiary/aromatic N) is 1. The van der Waals surface area contributed by atoms with Gasteiger partial charge in [0.05, 0.1) is 18.7 Å². The van der Waals surface area contributed by atoms with Crippen molar-refractivity contribution in [1.82, 2.24) is 4.98 Å². The molecule has 0 saturated carbocycles. The van der Waals surface area contributed by atoms with Gasteiger partial charge in [0.15, 0.2) is 0 Å². The summed E-state index contributed by atoms with van der Waals surface area (Å²) in [6.07, 6.45) is -2.33. The molecule has 1 aromatic heterocycles. The second-order valence-electron chi connectivity index (χ2n) is 8.69. The number of hydrogen-bond donors (Lipinski definition) is 3. The zero-order chi connectivity index (χ0) is 27.3. The van der Waals surface area contributed by atoms with Crippen molar-refractivity contribution >= 4 is 29.0 Å². The molecule has 0 aliphatic heterocycles. The molecule has 7 nitrogen and oxygen atoms in total. The van der Waals surface area contributed by atoms with Crippen molar-refractivity contribution in [2.45, 2.75) is 51.6 Å². The molecule has 0 bridgehead atoms. The predicted octanol–water partition coefficient (Wildman–Crippen LogP) is 5.77. The number of aromatic nitrogens is 1. The number of aliphatic carboxylic acids is 2. The minimum absolute atomic E-state index is 0.124. The fourth-order valence-electron chi connectivity index (χ4n) is 4.02. The summed E-state index contributed by atoms with van der Waals surface area (Å²) in [6, 6.07) is 12.1. The standard InChI is InChI=1S/C24H26N2O3S.C2HF3O2/c1-14-3-4-18(12-21(14)25)24-26-22(15(2)30-24)9-10-29-19-7-8-20-16(11-19)5-6-17(20)13-23(27)28;3-2(4,5)1(6)7/h3-4,7-8,11-12,17H,5-6,9-10,13,25H2,1-2H3,(H,27,28);(H,6,7). The van der Waals surface area contributed by atoms with E-state index in [-0.39, 0.29) is 12.3 Å². The van der Waals surface area contributed by atoms with E-state index in [0.29, 0.717) is 6.61 Å². The van der Waals surface area contributed by atoms with E-state index in [1.807, 2.05) is 31.2 Å². The molecule has 37 heavy (non-hydrogen) atoms. The number of carbonyl (C=O) groups is 2. The van der Waals surface area contributed by atoms with Crippen molar-refractivity contribution in [3.63, 3.8) is 0 Å². The molecule has 11 heteroatoms. The summed E-state index contributed by atoms with van der Waals surface area (Å²) in [6.45, 7) is 4.64. The molecule has 0 spiro atoms. The van der Waals surface area contributed by atoms with Crippen LogP contribution in [0.25, 0.3) is 10.6 Å². The Kier molecular flexibility index (Phi) is 8.80. The van der Waals surface area contributed by atoms with Gasteiger partial charge in [-0.2, -0.15) is 13.2 Å². The first kappa shape index (κ1) is 28.0. The van der Waals surface area contributed by atoms with E-state index < -0.39 is 18.1 Å². The Bertz CT molecular complexity index is 1290. The number of aryl methyl sites for hydroxylation is 3. The Morgan fingerprint density at radius 3 is 2.49 bits per heavy atom. The summed E-state index contributed by atoms with van der Waals surface area (Å²) < 4.78 is 37.7. The molecular formula is C26H27F3N2O5S. The second-order valence-corrected chi connectivity index (χ2v) is 9.89. The first-order valence-electron chi connectivity index (χ1n) is 11.5. The van der Waals surface area contributed by atoms with E-state index >= 15 is 0 Å². The molecular weight excluding hydrogens is 509 g/mol. The van der Waals surface area contributed by atoms with Crippen molar-refractivity contribution in [3.05, 3.63) is 63.7 Å². The van der Waals surface area contributed by atoms with Gasteiger partial charge in [0, 0.05) is 22.5 Å². The second kappa shape index (κ2) is 11.6. The lowest BCUT2D eigenvalue weighted by molar-refractivity contribution is -0.192. The fourth-order valence-corrected chi connectivity index (χ4v) is 4.97. The van der Waals surface area contributed by atoms with Crippen molar-refractivity contribution in [2.75, 3.05) is 12.3 Å². The van der Waals surface area contributed by atoms with Crippen LogP contribution in [0.4, 0.5) is 18.9 Å². The van der Waals surface area contributed by atoms with Crippen LogP contribution < -0.4 is 10.5 Å². The first-order chi connectivity index (χ1) is 17.3. The summed E-state index contributed by atoms with van der Waals surface area (Å²) in [7, 11) is 0. The van der Waals surface area contributed by atoms with E-state index in [0.717, 1.165) is 58.1 Å². The van der Waals surface area contributed by atoms with Crippen molar-refractivity contribution in [3.8, 4) is 16.3 Å². The van der Waals surface area contributed by atoms with Gasteiger partial charge < -0.3 is 20.7 Å². The van der Waals surface area contributed by atoms with Crippen LogP contribution in [-0.2, 0) is 22.4 Å². The molecule has 0 radical (unpaired) electrons. The van der Waals surface area contributed by atoms with Crippen LogP contribution in [-0.4, -0.2) is 39.9 Å². The number of nitrogen functional groups attached to an aromatic ring is 1. The van der Waals surface area contributed by atoms with Crippen LogP contribution in [0.3, 0.4) is 0 Å². The lowest BCUT2D eigenvalue weighted by atomic mass is 9.98. The molecule has 4 rings (SSSR count). The van der Waals surface area contributed by atoms with Gasteiger partial charge in [-0.05, 0) is 67.5 Å². The van der Waals surface area contributed by atoms with Crippen LogP contribution in [0, 0.1) is 13.8 Å². The number of fused-ring (bicyclic) bond motifs is 1. The first-order valence-corrected chi connectivity index (χ1v) is 12.3. The Hall–Kier alpha value is -3.60. The van der Waals surface area contributed by atoms with Crippen LogP contribution in [0.5, 0.6) is 5.75 Å².